The molecule has 1 unspecified atom stereocenters. The van der Waals surface area contributed by atoms with Crippen molar-refractivity contribution in [2.45, 2.75) is 26.4 Å². The molecule has 2 aromatic carbocycles. The number of hydrogen-bond donors (Lipinski definition) is 2. The Kier molecular flexibility index (Phi) is 6.69. The van der Waals surface area contributed by atoms with Gasteiger partial charge in [-0.3, -0.25) is 9.59 Å². The number of benzene rings is 2. The van der Waals surface area contributed by atoms with Gasteiger partial charge < -0.3 is 14.8 Å². The summed E-state index contributed by atoms with van der Waals surface area (Å²) in [4.78, 5) is 27.3. The van der Waals surface area contributed by atoms with E-state index in [2.05, 4.69) is 15.8 Å². The number of pyridine rings is 1. The van der Waals surface area contributed by atoms with E-state index in [-0.39, 0.29) is 34.7 Å². The number of aryl methyl sites for hydroxylation is 1. The highest BCUT2D eigenvalue weighted by atomic mass is 19.1. The second kappa shape index (κ2) is 9.68. The zero-order chi connectivity index (χ0) is 24.4. The lowest BCUT2D eigenvalue weighted by Gasteiger charge is -2.34. The van der Waals surface area contributed by atoms with Gasteiger partial charge in [0, 0.05) is 38.4 Å². The fraction of sp³-hybridized carbons (Fsp3) is 0.292. The van der Waals surface area contributed by atoms with E-state index in [9.17, 15) is 14.0 Å². The molecule has 1 aliphatic rings. The number of anilines is 1. The number of hydrogen-bond acceptors (Lipinski definition) is 5. The van der Waals surface area contributed by atoms with Crippen molar-refractivity contribution in [2.24, 2.45) is 5.10 Å². The summed E-state index contributed by atoms with van der Waals surface area (Å²) < 4.78 is 45.3. The van der Waals surface area contributed by atoms with Crippen LogP contribution in [0.3, 0.4) is 0 Å². The molecule has 1 amide bonds. The molecule has 0 bridgehead atoms. The number of carbonyl (C=O) groups excluding carboxylic acids is 1. The summed E-state index contributed by atoms with van der Waals surface area (Å²) in [6.45, 7) is 5.30. The molecule has 178 valence electrons. The largest absolute Gasteiger partial charge is 0.364 e. The summed E-state index contributed by atoms with van der Waals surface area (Å²) in [5.74, 6) is -3.00. The standard InChI is InChI=1S/C24H24F3N5O2/c1-3-31-13-18(24(34)30-29-11-15-5-4-6-16(25)9-15)23(33)17-10-19(26)22(20(27)21(17)31)32-8-7-28-14(2)12-32/h4-6,9-11,13-14,28H,3,7-8,12H2,1-2H3,(H,30,34)/b29-11+. The Hall–Kier alpha value is -3.66. The van der Waals surface area contributed by atoms with Crippen molar-refractivity contribution < 1.29 is 18.0 Å². The monoisotopic (exact) mass is 471 g/mol. The van der Waals surface area contributed by atoms with Crippen LogP contribution in [0.15, 0.2) is 46.4 Å². The van der Waals surface area contributed by atoms with Crippen LogP contribution in [0.25, 0.3) is 10.9 Å². The summed E-state index contributed by atoms with van der Waals surface area (Å²) in [5.41, 5.74) is 1.26. The first-order valence-corrected chi connectivity index (χ1v) is 10.9. The van der Waals surface area contributed by atoms with Gasteiger partial charge in [0.1, 0.15) is 22.9 Å². The molecule has 4 rings (SSSR count). The molecule has 2 N–H and O–H groups in total. The van der Waals surface area contributed by atoms with Crippen LogP contribution in [0.5, 0.6) is 0 Å². The highest BCUT2D eigenvalue weighted by molar-refractivity contribution is 5.98. The van der Waals surface area contributed by atoms with Gasteiger partial charge >= 0.3 is 0 Å². The smallest absolute Gasteiger partial charge is 0.276 e. The van der Waals surface area contributed by atoms with Gasteiger partial charge in [-0.1, -0.05) is 12.1 Å². The van der Waals surface area contributed by atoms with E-state index in [0.29, 0.717) is 25.2 Å². The second-order valence-electron chi connectivity index (χ2n) is 8.13. The van der Waals surface area contributed by atoms with Crippen LogP contribution in [-0.4, -0.2) is 42.4 Å². The van der Waals surface area contributed by atoms with Crippen LogP contribution in [0.2, 0.25) is 0 Å². The average Bonchev–Trinajstić information content (AvgIpc) is 2.80. The van der Waals surface area contributed by atoms with Gasteiger partial charge in [0.25, 0.3) is 5.91 Å². The number of nitrogens with zero attached hydrogens (tertiary/aromatic N) is 3. The molecule has 3 aromatic rings. The molecule has 10 heteroatoms. The maximum atomic E-state index is 15.6. The summed E-state index contributed by atoms with van der Waals surface area (Å²) >= 11 is 0. The Labute approximate surface area is 193 Å². The third-order valence-corrected chi connectivity index (χ3v) is 5.73. The summed E-state index contributed by atoms with van der Waals surface area (Å²) in [6.07, 6.45) is 2.46. The molecule has 1 fully saturated rings. The molecule has 7 nitrogen and oxygen atoms in total. The fourth-order valence-electron chi connectivity index (χ4n) is 4.13. The van der Waals surface area contributed by atoms with Crippen LogP contribution in [-0.2, 0) is 6.54 Å². The van der Waals surface area contributed by atoms with E-state index in [0.717, 1.165) is 6.07 Å². The Balaban J connectivity index is 1.72. The Morgan fingerprint density at radius 1 is 1.29 bits per heavy atom. The molecular formula is C24H24F3N5O2. The van der Waals surface area contributed by atoms with Crippen molar-refractivity contribution in [2.75, 3.05) is 24.5 Å². The third-order valence-electron chi connectivity index (χ3n) is 5.73. The highest BCUT2D eigenvalue weighted by Crippen LogP contribution is 2.30. The lowest BCUT2D eigenvalue weighted by atomic mass is 10.1. The first-order valence-electron chi connectivity index (χ1n) is 10.9. The minimum absolute atomic E-state index is 0.0515. The molecule has 0 aliphatic carbocycles. The van der Waals surface area contributed by atoms with Crippen molar-refractivity contribution in [3.63, 3.8) is 0 Å². The van der Waals surface area contributed by atoms with Gasteiger partial charge in [-0.2, -0.15) is 5.10 Å². The first-order chi connectivity index (χ1) is 16.3. The molecular weight excluding hydrogens is 447 g/mol. The Morgan fingerprint density at radius 3 is 2.79 bits per heavy atom. The lowest BCUT2D eigenvalue weighted by Crippen LogP contribution is -2.49. The molecule has 34 heavy (non-hydrogen) atoms. The van der Waals surface area contributed by atoms with E-state index in [4.69, 9.17) is 0 Å². The van der Waals surface area contributed by atoms with Crippen molar-refractivity contribution in [3.8, 4) is 0 Å². The number of rotatable bonds is 5. The number of nitrogens with one attached hydrogen (secondary N) is 2. The lowest BCUT2D eigenvalue weighted by molar-refractivity contribution is 0.0953. The summed E-state index contributed by atoms with van der Waals surface area (Å²) in [6, 6.07) is 6.60. The molecule has 1 aliphatic heterocycles. The van der Waals surface area contributed by atoms with Gasteiger partial charge in [0.15, 0.2) is 5.82 Å². The molecule has 2 heterocycles. The number of hydrazone groups is 1. The molecule has 0 saturated carbocycles. The number of amides is 1. The second-order valence-corrected chi connectivity index (χ2v) is 8.13. The predicted octanol–water partition coefficient (Wildman–Crippen LogP) is 3.00. The van der Waals surface area contributed by atoms with Crippen LogP contribution in [0.4, 0.5) is 18.9 Å². The molecule has 1 saturated heterocycles. The van der Waals surface area contributed by atoms with Crippen molar-refractivity contribution in [1.82, 2.24) is 15.3 Å². The fourth-order valence-corrected chi connectivity index (χ4v) is 4.13. The SMILES string of the molecule is CCn1cc(C(=O)N/N=C/c2cccc(F)c2)c(=O)c2cc(F)c(N3CCNC(C)C3)c(F)c21. The predicted molar refractivity (Wildman–Crippen MR) is 125 cm³/mol. The number of piperazine rings is 1. The number of fused-ring (bicyclic) bond motifs is 1. The summed E-state index contributed by atoms with van der Waals surface area (Å²) in [5, 5.41) is 6.75. The zero-order valence-electron chi connectivity index (χ0n) is 18.7. The normalized spacial score (nSPS) is 16.4. The topological polar surface area (TPSA) is 78.7 Å². The molecule has 1 aromatic heterocycles. The molecule has 0 radical (unpaired) electrons. The first kappa shape index (κ1) is 23.5. The van der Waals surface area contributed by atoms with E-state index >= 15 is 8.78 Å². The third kappa shape index (κ3) is 4.54. The molecule has 0 spiro atoms. The van der Waals surface area contributed by atoms with Crippen LogP contribution >= 0.6 is 0 Å². The van der Waals surface area contributed by atoms with Gasteiger partial charge in [0.2, 0.25) is 5.43 Å². The Bertz CT molecular complexity index is 1340. The van der Waals surface area contributed by atoms with E-state index in [1.165, 1.54) is 35.2 Å². The van der Waals surface area contributed by atoms with E-state index in [1.807, 2.05) is 6.92 Å². The quantitative estimate of drug-likeness (QED) is 0.443. The maximum Gasteiger partial charge on any atom is 0.276 e. The minimum atomic E-state index is -0.861. The van der Waals surface area contributed by atoms with Gasteiger partial charge in [0.05, 0.1) is 17.1 Å². The van der Waals surface area contributed by atoms with Crippen molar-refractivity contribution in [1.29, 1.82) is 0 Å². The van der Waals surface area contributed by atoms with Crippen LogP contribution in [0, 0.1) is 17.5 Å². The van der Waals surface area contributed by atoms with E-state index in [1.54, 1.807) is 17.9 Å². The molecule has 1 atom stereocenters. The van der Waals surface area contributed by atoms with Gasteiger partial charge in [-0.25, -0.2) is 18.6 Å². The number of aromatic nitrogens is 1. The van der Waals surface area contributed by atoms with E-state index < -0.39 is 28.8 Å². The summed E-state index contributed by atoms with van der Waals surface area (Å²) in [7, 11) is 0. The van der Waals surface area contributed by atoms with Crippen molar-refractivity contribution >= 4 is 28.7 Å². The van der Waals surface area contributed by atoms with Crippen LogP contribution < -0.4 is 21.1 Å². The number of carbonyl (C=O) groups is 1. The number of halogens is 3. The average molecular weight is 471 g/mol. The maximum absolute atomic E-state index is 15.6. The van der Waals surface area contributed by atoms with Crippen LogP contribution in [0.1, 0.15) is 29.8 Å². The highest BCUT2D eigenvalue weighted by Gasteiger charge is 2.27. The van der Waals surface area contributed by atoms with Gasteiger partial charge in [-0.15, -0.1) is 0 Å². The van der Waals surface area contributed by atoms with Gasteiger partial charge in [-0.05, 0) is 37.6 Å². The minimum Gasteiger partial charge on any atom is -0.364 e. The zero-order valence-corrected chi connectivity index (χ0v) is 18.7. The Morgan fingerprint density at radius 2 is 2.09 bits per heavy atom. The van der Waals surface area contributed by atoms with Crippen molar-refractivity contribution in [3.05, 3.63) is 75.3 Å².